The molecule has 1 aliphatic heterocycles. The van der Waals surface area contributed by atoms with Crippen LogP contribution in [0.1, 0.15) is 43.7 Å². The maximum absolute atomic E-state index is 11.9. The number of ether oxygens (including phenoxy) is 1. The number of benzene rings is 2. The van der Waals surface area contributed by atoms with Gasteiger partial charge in [0, 0.05) is 25.3 Å². The van der Waals surface area contributed by atoms with E-state index in [1.807, 2.05) is 18.2 Å². The molecule has 0 atom stereocenters. The molecule has 0 fully saturated rings. The maximum Gasteiger partial charge on any atom is 0.412 e. The van der Waals surface area contributed by atoms with Gasteiger partial charge in [-0.05, 0) is 42.2 Å². The largest absolute Gasteiger partial charge is 0.412 e. The Morgan fingerprint density at radius 1 is 1.12 bits per heavy atom. The number of anilines is 1. The Balaban J connectivity index is 1.52. The normalized spacial score (nSPS) is 12.7. The molecule has 0 saturated heterocycles. The highest BCUT2D eigenvalue weighted by Gasteiger charge is 2.20. The van der Waals surface area contributed by atoms with E-state index in [-0.39, 0.29) is 6.09 Å². The average molecular weight is 352 g/mol. The van der Waals surface area contributed by atoms with Crippen LogP contribution in [0.15, 0.2) is 48.5 Å². The molecule has 4 nitrogen and oxygen atoms in total. The molecule has 1 amide bonds. The first kappa shape index (κ1) is 18.3. The van der Waals surface area contributed by atoms with Gasteiger partial charge in [0.2, 0.25) is 0 Å². The number of amides is 1. The molecule has 3 rings (SSSR count). The van der Waals surface area contributed by atoms with Crippen LogP contribution >= 0.6 is 0 Å². The number of rotatable bonds is 8. The summed E-state index contributed by atoms with van der Waals surface area (Å²) in [7, 11) is 0. The number of carbonyl (C=O) groups excluding carboxylic acids is 1. The predicted octanol–water partition coefficient (Wildman–Crippen LogP) is 4.92. The number of unbranched alkanes of at least 4 members (excludes halogenated alkanes) is 3. The summed E-state index contributed by atoms with van der Waals surface area (Å²) in [5.74, 6) is 0.622. The second kappa shape index (κ2) is 9.27. The molecule has 0 radical (unpaired) electrons. The van der Waals surface area contributed by atoms with Crippen LogP contribution in [-0.4, -0.2) is 19.2 Å². The fraction of sp³-hybridized carbons (Fsp3) is 0.409. The summed E-state index contributed by atoms with van der Waals surface area (Å²) in [5.41, 5.74) is 3.79. The van der Waals surface area contributed by atoms with Gasteiger partial charge in [-0.3, -0.25) is 0 Å². The summed E-state index contributed by atoms with van der Waals surface area (Å²) in [6, 6.07) is 16.4. The molecule has 0 aliphatic carbocycles. The van der Waals surface area contributed by atoms with Gasteiger partial charge in [-0.2, -0.15) is 0 Å². The van der Waals surface area contributed by atoms with Gasteiger partial charge < -0.3 is 15.0 Å². The van der Waals surface area contributed by atoms with Gasteiger partial charge in [0.1, 0.15) is 5.75 Å². The van der Waals surface area contributed by atoms with Crippen molar-refractivity contribution in [2.45, 2.75) is 45.6 Å². The van der Waals surface area contributed by atoms with Crippen LogP contribution in [0.3, 0.4) is 0 Å². The Morgan fingerprint density at radius 3 is 2.77 bits per heavy atom. The third kappa shape index (κ3) is 5.01. The molecule has 0 aromatic heterocycles. The van der Waals surface area contributed by atoms with Gasteiger partial charge in [-0.25, -0.2) is 4.79 Å². The third-order valence-electron chi connectivity index (χ3n) is 4.77. The van der Waals surface area contributed by atoms with Crippen molar-refractivity contribution in [3.8, 4) is 5.75 Å². The van der Waals surface area contributed by atoms with Crippen molar-refractivity contribution >= 4 is 11.8 Å². The number of hydrogen-bond donors (Lipinski definition) is 1. The van der Waals surface area contributed by atoms with Crippen LogP contribution in [0.5, 0.6) is 5.75 Å². The van der Waals surface area contributed by atoms with Crippen molar-refractivity contribution in [1.29, 1.82) is 0 Å². The fourth-order valence-corrected chi connectivity index (χ4v) is 3.36. The molecular weight excluding hydrogens is 324 g/mol. The molecule has 1 heterocycles. The highest BCUT2D eigenvalue weighted by molar-refractivity contribution is 5.71. The molecule has 2 aromatic rings. The van der Waals surface area contributed by atoms with Gasteiger partial charge in [-0.1, -0.05) is 56.5 Å². The lowest BCUT2D eigenvalue weighted by Crippen LogP contribution is -2.27. The van der Waals surface area contributed by atoms with Crippen LogP contribution in [0.25, 0.3) is 0 Å². The summed E-state index contributed by atoms with van der Waals surface area (Å²) >= 11 is 0. The minimum Gasteiger partial charge on any atom is -0.410 e. The number of carbonyl (C=O) groups is 1. The lowest BCUT2D eigenvalue weighted by Gasteiger charge is -2.19. The molecule has 2 aromatic carbocycles. The topological polar surface area (TPSA) is 41.6 Å². The molecule has 1 N–H and O–H groups in total. The first-order valence-corrected chi connectivity index (χ1v) is 9.63. The predicted molar refractivity (Wildman–Crippen MR) is 106 cm³/mol. The number of nitrogens with zero attached hydrogens (tertiary/aromatic N) is 1. The molecule has 0 spiro atoms. The van der Waals surface area contributed by atoms with Gasteiger partial charge in [-0.15, -0.1) is 0 Å². The second-order valence-electron chi connectivity index (χ2n) is 6.82. The van der Waals surface area contributed by atoms with Crippen LogP contribution in [0.4, 0.5) is 10.5 Å². The Kier molecular flexibility index (Phi) is 6.53. The molecule has 0 unspecified atom stereocenters. The van der Waals surface area contributed by atoms with Gasteiger partial charge >= 0.3 is 6.09 Å². The number of fused-ring (bicyclic) bond motifs is 1. The maximum atomic E-state index is 11.9. The SMILES string of the molecule is CCCCCCNC(=O)Oc1ccc2c(c1)CCN2Cc1ccccc1. The van der Waals surface area contributed by atoms with E-state index in [2.05, 4.69) is 47.5 Å². The lowest BCUT2D eigenvalue weighted by atomic mass is 10.1. The van der Waals surface area contributed by atoms with Gasteiger partial charge in [0.25, 0.3) is 0 Å². The Labute approximate surface area is 156 Å². The van der Waals surface area contributed by atoms with E-state index < -0.39 is 0 Å². The van der Waals surface area contributed by atoms with E-state index in [1.54, 1.807) is 0 Å². The van der Waals surface area contributed by atoms with Crippen LogP contribution in [-0.2, 0) is 13.0 Å². The fourth-order valence-electron chi connectivity index (χ4n) is 3.36. The van der Waals surface area contributed by atoms with Crippen molar-refractivity contribution in [2.24, 2.45) is 0 Å². The van der Waals surface area contributed by atoms with Crippen molar-refractivity contribution in [3.05, 3.63) is 59.7 Å². The summed E-state index contributed by atoms with van der Waals surface area (Å²) in [6.07, 6.45) is 5.18. The molecule has 138 valence electrons. The first-order chi connectivity index (χ1) is 12.8. The van der Waals surface area contributed by atoms with E-state index in [4.69, 9.17) is 4.74 Å². The quantitative estimate of drug-likeness (QED) is 0.686. The standard InChI is InChI=1S/C22H28N2O2/c1-2-3-4-8-14-23-22(25)26-20-11-12-21-19(16-20)13-15-24(21)17-18-9-6-5-7-10-18/h5-7,9-12,16H,2-4,8,13-15,17H2,1H3,(H,23,25). The smallest absolute Gasteiger partial charge is 0.410 e. The van der Waals surface area contributed by atoms with Crippen molar-refractivity contribution in [2.75, 3.05) is 18.0 Å². The monoisotopic (exact) mass is 352 g/mol. The Hall–Kier alpha value is -2.49. The minimum absolute atomic E-state index is 0.361. The number of hydrogen-bond acceptors (Lipinski definition) is 3. The second-order valence-corrected chi connectivity index (χ2v) is 6.82. The molecule has 0 bridgehead atoms. The Morgan fingerprint density at radius 2 is 1.96 bits per heavy atom. The van der Waals surface area contributed by atoms with Crippen LogP contribution < -0.4 is 15.0 Å². The molecule has 0 saturated carbocycles. The van der Waals surface area contributed by atoms with Crippen molar-refractivity contribution in [1.82, 2.24) is 5.32 Å². The molecular formula is C22H28N2O2. The van der Waals surface area contributed by atoms with E-state index in [0.29, 0.717) is 12.3 Å². The van der Waals surface area contributed by atoms with Crippen molar-refractivity contribution in [3.63, 3.8) is 0 Å². The summed E-state index contributed by atoms with van der Waals surface area (Å²) in [5, 5.41) is 2.83. The first-order valence-electron chi connectivity index (χ1n) is 9.63. The average Bonchev–Trinajstić information content (AvgIpc) is 3.04. The highest BCUT2D eigenvalue weighted by atomic mass is 16.6. The lowest BCUT2D eigenvalue weighted by molar-refractivity contribution is 0.200. The molecule has 26 heavy (non-hydrogen) atoms. The molecule has 4 heteroatoms. The van der Waals surface area contributed by atoms with Gasteiger partial charge in [0.15, 0.2) is 0 Å². The minimum atomic E-state index is -0.361. The highest BCUT2D eigenvalue weighted by Crippen LogP contribution is 2.32. The summed E-state index contributed by atoms with van der Waals surface area (Å²) in [6.45, 7) is 4.76. The van der Waals surface area contributed by atoms with Crippen molar-refractivity contribution < 1.29 is 9.53 Å². The summed E-state index contributed by atoms with van der Waals surface area (Å²) in [4.78, 5) is 14.3. The molecule has 1 aliphatic rings. The zero-order chi connectivity index (χ0) is 18.2. The van der Waals surface area contributed by atoms with Crippen LogP contribution in [0, 0.1) is 0 Å². The Bertz CT molecular complexity index is 715. The third-order valence-corrected chi connectivity index (χ3v) is 4.77. The van der Waals surface area contributed by atoms with Crippen LogP contribution in [0.2, 0.25) is 0 Å². The summed E-state index contributed by atoms with van der Waals surface area (Å²) < 4.78 is 5.43. The van der Waals surface area contributed by atoms with E-state index in [1.165, 1.54) is 29.7 Å². The zero-order valence-electron chi connectivity index (χ0n) is 15.5. The number of nitrogens with one attached hydrogen (secondary N) is 1. The van der Waals surface area contributed by atoms with E-state index in [9.17, 15) is 4.79 Å². The van der Waals surface area contributed by atoms with E-state index >= 15 is 0 Å². The van der Waals surface area contributed by atoms with E-state index in [0.717, 1.165) is 32.4 Å². The van der Waals surface area contributed by atoms with Gasteiger partial charge in [0.05, 0.1) is 0 Å². The zero-order valence-corrected chi connectivity index (χ0v) is 15.5.